The summed E-state index contributed by atoms with van der Waals surface area (Å²) in [5, 5.41) is 53.6. The molecule has 0 aliphatic rings. The van der Waals surface area contributed by atoms with Gasteiger partial charge in [0.2, 0.25) is 0 Å². The van der Waals surface area contributed by atoms with Crippen molar-refractivity contribution in [3.63, 3.8) is 0 Å². The molecule has 0 saturated carbocycles. The number of carbonyl (C=O) groups excluding carboxylic acids is 2. The average Bonchev–Trinajstić information content (AvgIpc) is 2.64. The van der Waals surface area contributed by atoms with E-state index in [2.05, 4.69) is 6.92 Å². The van der Waals surface area contributed by atoms with Gasteiger partial charge in [-0.15, -0.1) is 0 Å². The molecular weight excluding hydrogens is 383 g/mol. The topological polar surface area (TPSA) is 158 Å². The molecule has 0 saturated heterocycles. The van der Waals surface area contributed by atoms with Crippen molar-refractivity contribution < 1.29 is 91.6 Å². The van der Waals surface area contributed by atoms with Crippen LogP contribution in [0.15, 0.2) is 0 Å². The van der Waals surface area contributed by atoms with Crippen LogP contribution in [0.25, 0.3) is 0 Å². The van der Waals surface area contributed by atoms with Gasteiger partial charge in [-0.05, 0) is 12.8 Å². The van der Waals surface area contributed by atoms with Gasteiger partial charge >= 0.3 is 51.4 Å². The average molecular weight is 419 g/mol. The van der Waals surface area contributed by atoms with Crippen LogP contribution < -0.4 is 56.5 Å². The monoisotopic (exact) mass is 418 g/mol. The first-order valence-electron chi connectivity index (χ1n) is 9.30. The molecule has 0 heterocycles. The van der Waals surface area contributed by atoms with Crippen LogP contribution in [0.2, 0.25) is 0 Å². The number of hydrogen-bond acceptors (Lipinski definition) is 8. The number of aliphatic carboxylic acids is 1. The molecule has 0 aromatic carbocycles. The minimum Gasteiger partial charge on any atom is -0.550 e. The molecule has 0 bridgehead atoms. The van der Waals surface area contributed by atoms with Crippen molar-refractivity contribution in [2.75, 3.05) is 6.61 Å². The number of rotatable bonds is 15. The van der Waals surface area contributed by atoms with E-state index in [0.29, 0.717) is 0 Å². The Morgan fingerprint density at radius 1 is 0.889 bits per heavy atom. The first-order valence-corrected chi connectivity index (χ1v) is 9.30. The SMILES string of the molecule is CCCCCCCCCCCC(=O)[O-].O=CC(O)C(O)C(O)C(O)CO.[K+]. The molecule has 0 fully saturated rings. The Kier molecular flexibility index (Phi) is 27.3. The Morgan fingerprint density at radius 2 is 1.33 bits per heavy atom. The van der Waals surface area contributed by atoms with Crippen molar-refractivity contribution in [1.82, 2.24) is 0 Å². The van der Waals surface area contributed by atoms with Gasteiger partial charge < -0.3 is 40.2 Å². The molecule has 8 nitrogen and oxygen atoms in total. The van der Waals surface area contributed by atoms with E-state index in [1.54, 1.807) is 0 Å². The summed E-state index contributed by atoms with van der Waals surface area (Å²) in [6.07, 6.45) is 4.32. The Morgan fingerprint density at radius 3 is 1.70 bits per heavy atom. The molecule has 0 spiro atoms. The van der Waals surface area contributed by atoms with Gasteiger partial charge in [0, 0.05) is 5.97 Å². The Hall–Kier alpha value is 0.576. The van der Waals surface area contributed by atoms with E-state index in [1.165, 1.54) is 44.9 Å². The third kappa shape index (κ3) is 21.1. The summed E-state index contributed by atoms with van der Waals surface area (Å²) in [7, 11) is 0. The zero-order valence-electron chi connectivity index (χ0n) is 16.6. The normalized spacial score (nSPS) is 14.7. The van der Waals surface area contributed by atoms with Crippen LogP contribution in [-0.2, 0) is 9.59 Å². The molecule has 4 unspecified atom stereocenters. The smallest absolute Gasteiger partial charge is 0.550 e. The molecule has 0 aliphatic carbocycles. The number of aldehydes is 1. The maximum absolute atomic E-state index is 10.1. The zero-order valence-corrected chi connectivity index (χ0v) is 19.7. The fraction of sp³-hybridized carbons (Fsp3) is 0.889. The van der Waals surface area contributed by atoms with Crippen LogP contribution in [-0.4, -0.2) is 68.8 Å². The maximum atomic E-state index is 10.1. The summed E-state index contributed by atoms with van der Waals surface area (Å²) >= 11 is 0. The minimum atomic E-state index is -1.79. The Bertz CT molecular complexity index is 343. The van der Waals surface area contributed by atoms with Crippen LogP contribution in [0.4, 0.5) is 0 Å². The van der Waals surface area contributed by atoms with E-state index in [9.17, 15) is 14.7 Å². The first-order chi connectivity index (χ1) is 12.3. The number of carbonyl (C=O) groups is 2. The van der Waals surface area contributed by atoms with Crippen molar-refractivity contribution in [3.8, 4) is 0 Å². The van der Waals surface area contributed by atoms with Gasteiger partial charge in [0.15, 0.2) is 6.29 Å². The predicted octanol–water partition coefficient (Wildman–Crippen LogP) is -3.72. The quantitative estimate of drug-likeness (QED) is 0.103. The van der Waals surface area contributed by atoms with Crippen LogP contribution in [0, 0.1) is 0 Å². The van der Waals surface area contributed by atoms with E-state index in [-0.39, 0.29) is 64.1 Å². The van der Waals surface area contributed by atoms with E-state index >= 15 is 0 Å². The van der Waals surface area contributed by atoms with Crippen LogP contribution >= 0.6 is 0 Å². The molecule has 156 valence electrons. The van der Waals surface area contributed by atoms with E-state index in [4.69, 9.17) is 25.5 Å². The molecule has 0 radical (unpaired) electrons. The van der Waals surface area contributed by atoms with Gasteiger partial charge in [0.25, 0.3) is 0 Å². The second-order valence-corrected chi connectivity index (χ2v) is 6.31. The van der Waals surface area contributed by atoms with Crippen molar-refractivity contribution in [3.05, 3.63) is 0 Å². The van der Waals surface area contributed by atoms with Crippen molar-refractivity contribution in [1.29, 1.82) is 0 Å². The van der Waals surface area contributed by atoms with Crippen LogP contribution in [0.5, 0.6) is 0 Å². The fourth-order valence-corrected chi connectivity index (χ4v) is 2.20. The number of unbranched alkanes of at least 4 members (excludes halogenated alkanes) is 8. The largest absolute Gasteiger partial charge is 1.00 e. The molecule has 0 amide bonds. The summed E-state index contributed by atoms with van der Waals surface area (Å²) in [6, 6.07) is 0. The van der Waals surface area contributed by atoms with Gasteiger partial charge in [-0.1, -0.05) is 58.3 Å². The Labute approximate surface area is 204 Å². The number of aliphatic hydroxyl groups is 5. The molecule has 5 N–H and O–H groups in total. The molecule has 0 aliphatic heterocycles. The molecule has 0 aromatic heterocycles. The summed E-state index contributed by atoms with van der Waals surface area (Å²) in [4.78, 5) is 20.0. The van der Waals surface area contributed by atoms with Gasteiger partial charge in [-0.3, -0.25) is 0 Å². The third-order valence-corrected chi connectivity index (χ3v) is 3.90. The van der Waals surface area contributed by atoms with Gasteiger partial charge in [0.05, 0.1) is 6.61 Å². The summed E-state index contributed by atoms with van der Waals surface area (Å²) in [5.74, 6) is -0.909. The number of carboxylic acid groups (broad SMARTS) is 1. The number of hydrogen-bond donors (Lipinski definition) is 5. The molecule has 27 heavy (non-hydrogen) atoms. The summed E-state index contributed by atoms with van der Waals surface area (Å²) < 4.78 is 0. The molecular formula is C18H35KO8. The molecule has 0 aromatic rings. The second-order valence-electron chi connectivity index (χ2n) is 6.31. The minimum absolute atomic E-state index is 0. The maximum Gasteiger partial charge on any atom is 1.00 e. The second kappa shape index (κ2) is 22.9. The number of carboxylic acids is 1. The van der Waals surface area contributed by atoms with Crippen molar-refractivity contribution in [2.45, 2.75) is 95.5 Å². The zero-order chi connectivity index (χ0) is 20.4. The standard InChI is InChI=1S/C12H24O2.C6H12O6.K/c1-2-3-4-5-6-7-8-9-10-11-12(13)14;7-1-3(9)5(11)6(12)4(10)2-8;/h2-11H2,1H3,(H,13,14);1,3-6,8-12H,2H2;/q;;+1/p-1. The van der Waals surface area contributed by atoms with E-state index < -0.39 is 37.0 Å². The number of aliphatic hydroxyl groups excluding tert-OH is 5. The van der Waals surface area contributed by atoms with Gasteiger partial charge in [-0.2, -0.15) is 0 Å². The fourth-order valence-electron chi connectivity index (χ4n) is 2.20. The van der Waals surface area contributed by atoms with Crippen LogP contribution in [0.3, 0.4) is 0 Å². The molecule has 0 rings (SSSR count). The molecule has 4 atom stereocenters. The molecule has 9 heteroatoms. The third-order valence-electron chi connectivity index (χ3n) is 3.90. The van der Waals surface area contributed by atoms with Crippen molar-refractivity contribution >= 4 is 12.3 Å². The van der Waals surface area contributed by atoms with Crippen molar-refractivity contribution in [2.24, 2.45) is 0 Å². The van der Waals surface area contributed by atoms with Gasteiger partial charge in [-0.25, -0.2) is 0 Å². The van der Waals surface area contributed by atoms with E-state index in [0.717, 1.165) is 12.8 Å². The predicted molar refractivity (Wildman–Crippen MR) is 94.0 cm³/mol. The first kappa shape index (κ1) is 32.2. The van der Waals surface area contributed by atoms with Gasteiger partial charge in [0.1, 0.15) is 24.4 Å². The Balaban J connectivity index is -0.000000416. The van der Waals surface area contributed by atoms with E-state index in [1.807, 2.05) is 0 Å². The summed E-state index contributed by atoms with van der Waals surface area (Å²) in [5.41, 5.74) is 0. The summed E-state index contributed by atoms with van der Waals surface area (Å²) in [6.45, 7) is 1.46. The van der Waals surface area contributed by atoms with Crippen LogP contribution in [0.1, 0.15) is 71.1 Å².